The molecular weight excluding hydrogens is 334 g/mol. The number of anilines is 1. The van der Waals surface area contributed by atoms with Crippen LogP contribution in [0.25, 0.3) is 0 Å². The highest BCUT2D eigenvalue weighted by Gasteiger charge is 2.27. The molecule has 0 bridgehead atoms. The van der Waals surface area contributed by atoms with Crippen molar-refractivity contribution in [2.45, 2.75) is 19.8 Å². The Morgan fingerprint density at radius 1 is 1.38 bits per heavy atom. The topological polar surface area (TPSA) is 76.6 Å². The number of rotatable bonds is 4. The minimum atomic E-state index is -0.219. The number of aryl methyl sites for hydroxylation is 1. The molecule has 0 saturated carbocycles. The number of hydrogen-bond donors (Lipinski definition) is 3. The number of primary amides is 1. The van der Waals surface area contributed by atoms with Crippen molar-refractivity contribution in [3.8, 4) is 0 Å². The van der Waals surface area contributed by atoms with Crippen LogP contribution in [0.1, 0.15) is 18.4 Å². The average molecular weight is 355 g/mol. The first-order chi connectivity index (χ1) is 9.95. The molecule has 1 fully saturated rings. The summed E-state index contributed by atoms with van der Waals surface area (Å²) >= 11 is 3.40. The lowest BCUT2D eigenvalue weighted by atomic mass is 9.96. The minimum Gasteiger partial charge on any atom is -0.369 e. The van der Waals surface area contributed by atoms with Gasteiger partial charge in [0.25, 0.3) is 5.91 Å². The number of piperidine rings is 1. The first-order valence-corrected chi connectivity index (χ1v) is 7.94. The van der Waals surface area contributed by atoms with Crippen molar-refractivity contribution in [1.29, 1.82) is 0 Å². The number of nitrogens with two attached hydrogens (primary N) is 1. The SMILES string of the molecule is Cc1cc(Br)ccc1NC(=O)C[NH+]1CCC(C(N)=O)CC1. The Morgan fingerprint density at radius 3 is 2.62 bits per heavy atom. The van der Waals surface area contributed by atoms with Crippen molar-refractivity contribution in [1.82, 2.24) is 0 Å². The molecule has 1 saturated heterocycles. The summed E-state index contributed by atoms with van der Waals surface area (Å²) in [5, 5.41) is 2.95. The van der Waals surface area contributed by atoms with E-state index >= 15 is 0 Å². The Balaban J connectivity index is 1.84. The van der Waals surface area contributed by atoms with Crippen molar-refractivity contribution in [2.24, 2.45) is 11.7 Å². The van der Waals surface area contributed by atoms with E-state index in [9.17, 15) is 9.59 Å². The zero-order valence-electron chi connectivity index (χ0n) is 12.1. The molecule has 0 spiro atoms. The Labute approximate surface area is 133 Å². The third-order valence-electron chi connectivity index (χ3n) is 3.97. The van der Waals surface area contributed by atoms with Crippen LogP contribution in [0.3, 0.4) is 0 Å². The van der Waals surface area contributed by atoms with E-state index in [1.54, 1.807) is 0 Å². The molecule has 0 unspecified atom stereocenters. The van der Waals surface area contributed by atoms with E-state index in [0.29, 0.717) is 6.54 Å². The van der Waals surface area contributed by atoms with E-state index in [1.807, 2.05) is 25.1 Å². The number of hydrogen-bond acceptors (Lipinski definition) is 2. The van der Waals surface area contributed by atoms with Gasteiger partial charge < -0.3 is 16.0 Å². The molecule has 0 aliphatic carbocycles. The normalized spacial score (nSPS) is 21.8. The molecule has 1 aromatic rings. The van der Waals surface area contributed by atoms with Gasteiger partial charge in [-0.3, -0.25) is 9.59 Å². The summed E-state index contributed by atoms with van der Waals surface area (Å²) in [4.78, 5) is 24.4. The van der Waals surface area contributed by atoms with Gasteiger partial charge in [-0.15, -0.1) is 0 Å². The van der Waals surface area contributed by atoms with Crippen molar-refractivity contribution in [3.05, 3.63) is 28.2 Å². The summed E-state index contributed by atoms with van der Waals surface area (Å²) in [5.74, 6) is -0.234. The van der Waals surface area contributed by atoms with Gasteiger partial charge in [-0.05, 0) is 30.7 Å². The number of benzene rings is 1. The number of likely N-dealkylation sites (tertiary alicyclic amines) is 1. The highest BCUT2D eigenvalue weighted by molar-refractivity contribution is 9.10. The maximum Gasteiger partial charge on any atom is 0.279 e. The van der Waals surface area contributed by atoms with Crippen LogP contribution in [-0.4, -0.2) is 31.4 Å². The zero-order chi connectivity index (χ0) is 15.4. The monoisotopic (exact) mass is 354 g/mol. The van der Waals surface area contributed by atoms with Crippen LogP contribution in [0.2, 0.25) is 0 Å². The van der Waals surface area contributed by atoms with Gasteiger partial charge in [0, 0.05) is 28.9 Å². The van der Waals surface area contributed by atoms with Gasteiger partial charge in [0.2, 0.25) is 5.91 Å². The second-order valence-corrected chi connectivity index (χ2v) is 6.53. The summed E-state index contributed by atoms with van der Waals surface area (Å²) in [5.41, 5.74) is 7.18. The number of nitrogens with one attached hydrogen (secondary N) is 2. The van der Waals surface area contributed by atoms with Crippen LogP contribution in [0.15, 0.2) is 22.7 Å². The summed E-state index contributed by atoms with van der Waals surface area (Å²) in [7, 11) is 0. The van der Waals surface area contributed by atoms with Crippen LogP contribution in [0, 0.1) is 12.8 Å². The van der Waals surface area contributed by atoms with E-state index < -0.39 is 0 Å². The number of amides is 2. The zero-order valence-corrected chi connectivity index (χ0v) is 13.7. The summed E-state index contributed by atoms with van der Waals surface area (Å²) in [6.45, 7) is 4.03. The first kappa shape index (κ1) is 16.0. The van der Waals surface area contributed by atoms with Crippen LogP contribution < -0.4 is 16.0 Å². The van der Waals surface area contributed by atoms with Crippen molar-refractivity contribution < 1.29 is 14.5 Å². The quantitative estimate of drug-likeness (QED) is 0.735. The molecule has 0 radical (unpaired) electrons. The second kappa shape index (κ2) is 7.04. The highest BCUT2D eigenvalue weighted by atomic mass is 79.9. The van der Waals surface area contributed by atoms with Crippen LogP contribution >= 0.6 is 15.9 Å². The van der Waals surface area contributed by atoms with Gasteiger partial charge >= 0.3 is 0 Å². The number of carbonyl (C=O) groups excluding carboxylic acids is 2. The maximum absolute atomic E-state index is 12.1. The smallest absolute Gasteiger partial charge is 0.279 e. The van der Waals surface area contributed by atoms with Crippen molar-refractivity contribution in [2.75, 3.05) is 25.0 Å². The third-order valence-corrected chi connectivity index (χ3v) is 4.46. The largest absolute Gasteiger partial charge is 0.369 e. The van der Waals surface area contributed by atoms with Crippen LogP contribution in [0.4, 0.5) is 5.69 Å². The van der Waals surface area contributed by atoms with Gasteiger partial charge in [-0.25, -0.2) is 0 Å². The summed E-state index contributed by atoms with van der Waals surface area (Å²) < 4.78 is 0.997. The molecule has 1 aliphatic heterocycles. The van der Waals surface area contributed by atoms with E-state index in [1.165, 1.54) is 4.90 Å². The molecule has 4 N–H and O–H groups in total. The number of halogens is 1. The summed E-state index contributed by atoms with van der Waals surface area (Å²) in [6.07, 6.45) is 1.55. The van der Waals surface area contributed by atoms with Gasteiger partial charge in [0.05, 0.1) is 13.1 Å². The molecule has 1 aliphatic rings. The Kier molecular flexibility index (Phi) is 5.36. The molecular formula is C15H21BrN3O2+. The molecule has 5 nitrogen and oxygen atoms in total. The minimum absolute atomic E-state index is 0.00736. The fraction of sp³-hybridized carbons (Fsp3) is 0.467. The molecule has 21 heavy (non-hydrogen) atoms. The molecule has 0 aromatic heterocycles. The molecule has 1 heterocycles. The molecule has 114 valence electrons. The van der Waals surface area contributed by atoms with Gasteiger partial charge in [0.15, 0.2) is 6.54 Å². The van der Waals surface area contributed by atoms with Crippen LogP contribution in [-0.2, 0) is 9.59 Å². The molecule has 2 rings (SSSR count). The van der Waals surface area contributed by atoms with Gasteiger partial charge in [0.1, 0.15) is 0 Å². The number of carbonyl (C=O) groups is 2. The highest BCUT2D eigenvalue weighted by Crippen LogP contribution is 2.19. The van der Waals surface area contributed by atoms with Crippen LogP contribution in [0.5, 0.6) is 0 Å². The predicted octanol–water partition coefficient (Wildman–Crippen LogP) is 0.476. The van der Waals surface area contributed by atoms with Crippen molar-refractivity contribution in [3.63, 3.8) is 0 Å². The number of quaternary nitrogens is 1. The Morgan fingerprint density at radius 2 is 2.05 bits per heavy atom. The molecule has 1 aromatic carbocycles. The maximum atomic E-state index is 12.1. The Hall–Kier alpha value is -1.40. The van der Waals surface area contributed by atoms with Gasteiger partial charge in [-0.2, -0.15) is 0 Å². The lowest BCUT2D eigenvalue weighted by Crippen LogP contribution is -3.14. The van der Waals surface area contributed by atoms with E-state index in [2.05, 4.69) is 21.2 Å². The second-order valence-electron chi connectivity index (χ2n) is 5.61. The van der Waals surface area contributed by atoms with E-state index in [-0.39, 0.29) is 17.7 Å². The lowest BCUT2D eigenvalue weighted by molar-refractivity contribution is -0.897. The summed E-state index contributed by atoms with van der Waals surface area (Å²) in [6, 6.07) is 5.78. The Bertz CT molecular complexity index is 540. The molecule has 6 heteroatoms. The van der Waals surface area contributed by atoms with Crippen molar-refractivity contribution >= 4 is 33.4 Å². The predicted molar refractivity (Wildman–Crippen MR) is 85.0 cm³/mol. The molecule has 2 amide bonds. The first-order valence-electron chi connectivity index (χ1n) is 7.14. The van der Waals surface area contributed by atoms with E-state index in [4.69, 9.17) is 5.73 Å². The fourth-order valence-electron chi connectivity index (χ4n) is 2.68. The third kappa shape index (κ3) is 4.54. The van der Waals surface area contributed by atoms with E-state index in [0.717, 1.165) is 41.7 Å². The average Bonchev–Trinajstić information content (AvgIpc) is 2.42. The fourth-order valence-corrected chi connectivity index (χ4v) is 3.15. The molecule has 0 atom stereocenters. The van der Waals surface area contributed by atoms with Gasteiger partial charge in [-0.1, -0.05) is 15.9 Å². The standard InChI is InChI=1S/C15H20BrN3O2/c1-10-8-12(16)2-3-13(10)18-14(20)9-19-6-4-11(5-7-19)15(17)21/h2-3,8,11H,4-7,9H2,1H3,(H2,17,21)(H,18,20)/p+1. The lowest BCUT2D eigenvalue weighted by Gasteiger charge is -2.27.